The van der Waals surface area contributed by atoms with Crippen LogP contribution in [0.4, 0.5) is 0 Å². The molecule has 2 atom stereocenters. The number of aryl methyl sites for hydroxylation is 2. The van der Waals surface area contributed by atoms with Crippen molar-refractivity contribution in [3.8, 4) is 0 Å². The molecule has 0 aliphatic carbocycles. The average Bonchev–Trinajstić information content (AvgIpc) is 3.29. The second kappa shape index (κ2) is 8.03. The largest absolute Gasteiger partial charge is 0.361 e. The van der Waals surface area contributed by atoms with Gasteiger partial charge in [-0.25, -0.2) is 0 Å². The number of rotatable bonds is 4. The number of hydrogen-bond donors (Lipinski definition) is 1. The normalized spacial score (nSPS) is 21.5. The van der Waals surface area contributed by atoms with Gasteiger partial charge in [0.1, 0.15) is 5.76 Å². The Morgan fingerprint density at radius 2 is 1.96 bits per heavy atom. The maximum atomic E-state index is 13.1. The summed E-state index contributed by atoms with van der Waals surface area (Å²) in [6, 6.07) is 7.93. The molecule has 2 aliphatic heterocycles. The molecule has 0 unspecified atom stereocenters. The van der Waals surface area contributed by atoms with Crippen LogP contribution in [0, 0.1) is 25.7 Å². The number of benzene rings is 1. The van der Waals surface area contributed by atoms with Gasteiger partial charge in [0.15, 0.2) is 0 Å². The summed E-state index contributed by atoms with van der Waals surface area (Å²) in [6.07, 6.45) is 0. The van der Waals surface area contributed by atoms with E-state index in [1.807, 2.05) is 43.0 Å². The molecule has 1 amide bonds. The van der Waals surface area contributed by atoms with E-state index in [4.69, 9.17) is 4.52 Å². The van der Waals surface area contributed by atoms with Gasteiger partial charge in [-0.15, -0.1) is 24.2 Å². The highest BCUT2D eigenvalue weighted by atomic mass is 35.5. The van der Waals surface area contributed by atoms with Crippen LogP contribution in [-0.4, -0.2) is 42.1 Å². The highest BCUT2D eigenvalue weighted by Crippen LogP contribution is 2.32. The third kappa shape index (κ3) is 3.63. The smallest absolute Gasteiger partial charge is 0.255 e. The predicted molar refractivity (Wildman–Crippen MR) is 105 cm³/mol. The SMILES string of the molecule is Cc1noc(C)c1CSc1ccccc1C(=O)N1C[C@H]2CNC[C@H]2C1.Cl. The fraction of sp³-hybridized carbons (Fsp3) is 0.474. The first-order chi connectivity index (χ1) is 12.1. The second-order valence-corrected chi connectivity index (χ2v) is 7.99. The van der Waals surface area contributed by atoms with E-state index in [0.717, 1.165) is 59.4 Å². The molecule has 2 aliphatic rings. The number of aromatic nitrogens is 1. The van der Waals surface area contributed by atoms with Crippen molar-refractivity contribution in [1.82, 2.24) is 15.4 Å². The number of amides is 1. The molecular formula is C19H24ClN3O2S. The Morgan fingerprint density at radius 3 is 2.62 bits per heavy atom. The molecule has 2 aromatic rings. The minimum atomic E-state index is 0. The van der Waals surface area contributed by atoms with Gasteiger partial charge in [0.05, 0.1) is 11.3 Å². The number of halogens is 1. The third-order valence-corrected chi connectivity index (χ3v) is 6.45. The van der Waals surface area contributed by atoms with Gasteiger partial charge >= 0.3 is 0 Å². The fourth-order valence-corrected chi connectivity index (χ4v) is 5.02. The Morgan fingerprint density at radius 1 is 1.27 bits per heavy atom. The predicted octanol–water partition coefficient (Wildman–Crippen LogP) is 3.30. The number of likely N-dealkylation sites (tertiary alicyclic amines) is 1. The van der Waals surface area contributed by atoms with E-state index in [9.17, 15) is 4.79 Å². The van der Waals surface area contributed by atoms with Crippen LogP contribution < -0.4 is 5.32 Å². The van der Waals surface area contributed by atoms with E-state index in [0.29, 0.717) is 11.8 Å². The Balaban J connectivity index is 0.00000196. The van der Waals surface area contributed by atoms with Gasteiger partial charge in [-0.3, -0.25) is 4.79 Å². The van der Waals surface area contributed by atoms with Gasteiger partial charge in [-0.1, -0.05) is 17.3 Å². The van der Waals surface area contributed by atoms with Crippen LogP contribution >= 0.6 is 24.2 Å². The lowest BCUT2D eigenvalue weighted by Gasteiger charge is -2.19. The molecule has 26 heavy (non-hydrogen) atoms. The lowest BCUT2D eigenvalue weighted by molar-refractivity contribution is 0.0778. The summed E-state index contributed by atoms with van der Waals surface area (Å²) in [5, 5.41) is 7.44. The van der Waals surface area contributed by atoms with E-state index in [1.165, 1.54) is 0 Å². The van der Waals surface area contributed by atoms with Gasteiger partial charge in [-0.05, 0) is 37.8 Å². The highest BCUT2D eigenvalue weighted by molar-refractivity contribution is 7.98. The van der Waals surface area contributed by atoms with Crippen LogP contribution in [0.5, 0.6) is 0 Å². The lowest BCUT2D eigenvalue weighted by atomic mass is 10.0. The van der Waals surface area contributed by atoms with Crippen LogP contribution in [-0.2, 0) is 5.75 Å². The van der Waals surface area contributed by atoms with E-state index in [2.05, 4.69) is 10.5 Å². The lowest BCUT2D eigenvalue weighted by Crippen LogP contribution is -2.32. The second-order valence-electron chi connectivity index (χ2n) is 6.98. The van der Waals surface area contributed by atoms with Crippen molar-refractivity contribution in [2.45, 2.75) is 24.5 Å². The minimum Gasteiger partial charge on any atom is -0.361 e. The van der Waals surface area contributed by atoms with Crippen molar-refractivity contribution < 1.29 is 9.32 Å². The highest BCUT2D eigenvalue weighted by Gasteiger charge is 2.38. The maximum Gasteiger partial charge on any atom is 0.255 e. The Kier molecular flexibility index (Phi) is 5.95. The number of hydrogen-bond acceptors (Lipinski definition) is 5. The Labute approximate surface area is 164 Å². The number of thioether (sulfide) groups is 1. The van der Waals surface area contributed by atoms with Gasteiger partial charge in [0.2, 0.25) is 0 Å². The quantitative estimate of drug-likeness (QED) is 0.807. The molecule has 1 N–H and O–H groups in total. The summed E-state index contributed by atoms with van der Waals surface area (Å²) >= 11 is 1.68. The third-order valence-electron chi connectivity index (χ3n) is 5.35. The van der Waals surface area contributed by atoms with E-state index in [1.54, 1.807) is 11.8 Å². The summed E-state index contributed by atoms with van der Waals surface area (Å²) in [4.78, 5) is 16.1. The Hall–Kier alpha value is -1.50. The van der Waals surface area contributed by atoms with Gasteiger partial charge in [0.25, 0.3) is 5.91 Å². The molecule has 0 radical (unpaired) electrons. The number of fused-ring (bicyclic) bond motifs is 1. The fourth-order valence-electron chi connectivity index (χ4n) is 3.82. The zero-order valence-corrected chi connectivity index (χ0v) is 16.7. The van der Waals surface area contributed by atoms with Crippen LogP contribution in [0.3, 0.4) is 0 Å². The molecule has 1 aromatic heterocycles. The van der Waals surface area contributed by atoms with Crippen molar-refractivity contribution in [3.63, 3.8) is 0 Å². The molecule has 0 saturated carbocycles. The number of nitrogens with zero attached hydrogens (tertiary/aromatic N) is 2. The van der Waals surface area contributed by atoms with Gasteiger partial charge < -0.3 is 14.7 Å². The molecule has 140 valence electrons. The Bertz CT molecular complexity index is 763. The van der Waals surface area contributed by atoms with Crippen LogP contribution in [0.1, 0.15) is 27.4 Å². The topological polar surface area (TPSA) is 58.4 Å². The zero-order valence-electron chi connectivity index (χ0n) is 15.0. The number of nitrogens with one attached hydrogen (secondary N) is 1. The van der Waals surface area contributed by atoms with Crippen LogP contribution in [0.2, 0.25) is 0 Å². The summed E-state index contributed by atoms with van der Waals surface area (Å²) in [6.45, 7) is 7.72. The van der Waals surface area contributed by atoms with Crippen molar-refractivity contribution >= 4 is 30.1 Å². The summed E-state index contributed by atoms with van der Waals surface area (Å²) < 4.78 is 5.24. The zero-order chi connectivity index (χ0) is 17.4. The average molecular weight is 394 g/mol. The van der Waals surface area contributed by atoms with Crippen LogP contribution in [0.15, 0.2) is 33.7 Å². The molecule has 2 fully saturated rings. The number of carbonyl (C=O) groups excluding carboxylic acids is 1. The standard InChI is InChI=1S/C19H23N3O2S.ClH/c1-12-17(13(2)24-21-12)11-25-18-6-4-3-5-16(18)19(23)22-9-14-7-20-8-15(14)10-22;/h3-6,14-15,20H,7-11H2,1-2H3;1H/t14-,15+;. The van der Waals surface area contributed by atoms with Crippen molar-refractivity contribution in [1.29, 1.82) is 0 Å². The molecule has 0 spiro atoms. The van der Waals surface area contributed by atoms with Gasteiger partial charge in [-0.2, -0.15) is 0 Å². The van der Waals surface area contributed by atoms with E-state index < -0.39 is 0 Å². The van der Waals surface area contributed by atoms with Gasteiger partial charge in [0, 0.05) is 42.4 Å². The maximum absolute atomic E-state index is 13.1. The minimum absolute atomic E-state index is 0. The van der Waals surface area contributed by atoms with Crippen LogP contribution in [0.25, 0.3) is 0 Å². The molecule has 5 nitrogen and oxygen atoms in total. The molecule has 0 bridgehead atoms. The summed E-state index contributed by atoms with van der Waals surface area (Å²) in [7, 11) is 0. The van der Waals surface area contributed by atoms with E-state index >= 15 is 0 Å². The molecule has 1 aromatic carbocycles. The molecular weight excluding hydrogens is 370 g/mol. The molecule has 7 heteroatoms. The first kappa shape index (κ1) is 19.3. The number of carbonyl (C=O) groups is 1. The molecule has 2 saturated heterocycles. The molecule has 4 rings (SSSR count). The monoisotopic (exact) mass is 393 g/mol. The van der Waals surface area contributed by atoms with Crippen molar-refractivity contribution in [3.05, 3.63) is 46.8 Å². The summed E-state index contributed by atoms with van der Waals surface area (Å²) in [5.74, 6) is 3.02. The summed E-state index contributed by atoms with van der Waals surface area (Å²) in [5.41, 5.74) is 2.86. The first-order valence-electron chi connectivity index (χ1n) is 8.77. The molecule has 3 heterocycles. The van der Waals surface area contributed by atoms with Crippen molar-refractivity contribution in [2.24, 2.45) is 11.8 Å². The van der Waals surface area contributed by atoms with E-state index in [-0.39, 0.29) is 18.3 Å². The first-order valence-corrected chi connectivity index (χ1v) is 9.75. The van der Waals surface area contributed by atoms with Crippen molar-refractivity contribution in [2.75, 3.05) is 26.2 Å².